The van der Waals surface area contributed by atoms with E-state index in [1.807, 2.05) is 0 Å². The number of hydrogen-bond donors (Lipinski definition) is 0. The zero-order chi connectivity index (χ0) is 8.15. The molecule has 7 heteroatoms. The van der Waals surface area contributed by atoms with Crippen LogP contribution in [0.25, 0.3) is 0 Å². The molecule has 4 nitrogen and oxygen atoms in total. The van der Waals surface area contributed by atoms with Gasteiger partial charge in [-0.3, -0.25) is 8.42 Å². The fourth-order valence-electron chi connectivity index (χ4n) is 0.285. The minimum Gasteiger partial charge on any atom is -0.772 e. The maximum atomic E-state index is 12.0. The van der Waals surface area contributed by atoms with Crippen molar-refractivity contribution in [2.75, 3.05) is 5.75 Å². The third kappa shape index (κ3) is 4.98. The summed E-state index contributed by atoms with van der Waals surface area (Å²) in [5.74, 6) is -0.463. The van der Waals surface area contributed by atoms with Crippen molar-refractivity contribution < 1.29 is 21.9 Å². The summed E-state index contributed by atoms with van der Waals surface area (Å²) >= 11 is -5.18. The zero-order valence-corrected chi connectivity index (χ0v) is 6.45. The Kier molecular flexibility index (Phi) is 4.96. The molecule has 0 saturated carbocycles. The molecule has 10 heavy (non-hydrogen) atoms. The molecule has 0 heterocycles. The first-order valence-corrected chi connectivity index (χ1v) is 4.70. The van der Waals surface area contributed by atoms with Crippen molar-refractivity contribution in [3.05, 3.63) is 0 Å². The molecule has 3 atom stereocenters. The van der Waals surface area contributed by atoms with Gasteiger partial charge in [0.25, 0.3) is 0 Å². The first kappa shape index (κ1) is 10.2. The Labute approximate surface area is 62.4 Å². The van der Waals surface area contributed by atoms with Crippen molar-refractivity contribution in [1.29, 1.82) is 0 Å². The molecule has 0 aromatic heterocycles. The molecule has 0 rings (SSSR count). The summed E-state index contributed by atoms with van der Waals surface area (Å²) in [4.78, 5) is 0. The van der Waals surface area contributed by atoms with Crippen molar-refractivity contribution in [1.82, 2.24) is 0 Å². The van der Waals surface area contributed by atoms with Crippen LogP contribution in [0, 0.1) is 0 Å². The SMILES string of the molecule is O=S([O-])CCC(F)S(=O)[O-]. The Bertz CT molecular complexity index is 149. The Morgan fingerprint density at radius 3 is 2.20 bits per heavy atom. The minimum absolute atomic E-state index is 0.463. The summed E-state index contributed by atoms with van der Waals surface area (Å²) in [6.07, 6.45) is -0.494. The van der Waals surface area contributed by atoms with Gasteiger partial charge >= 0.3 is 0 Å². The third-order valence-electron chi connectivity index (χ3n) is 0.720. The molecule has 0 spiro atoms. The summed E-state index contributed by atoms with van der Waals surface area (Å²) in [5.41, 5.74) is -2.07. The van der Waals surface area contributed by atoms with Crippen LogP contribution in [0.3, 0.4) is 0 Å². The molecule has 0 bridgehead atoms. The van der Waals surface area contributed by atoms with Gasteiger partial charge in [-0.05, 0) is 17.5 Å². The monoisotopic (exact) mass is 188 g/mol. The van der Waals surface area contributed by atoms with Crippen LogP contribution < -0.4 is 0 Å². The van der Waals surface area contributed by atoms with Gasteiger partial charge in [-0.25, -0.2) is 4.39 Å². The van der Waals surface area contributed by atoms with Crippen LogP contribution in [0.2, 0.25) is 0 Å². The Morgan fingerprint density at radius 2 is 1.90 bits per heavy atom. The highest BCUT2D eigenvalue weighted by atomic mass is 32.2. The molecule has 0 saturated heterocycles. The average molecular weight is 188 g/mol. The lowest BCUT2D eigenvalue weighted by molar-refractivity contribution is 0.393. The van der Waals surface area contributed by atoms with Gasteiger partial charge < -0.3 is 9.11 Å². The van der Waals surface area contributed by atoms with Crippen molar-refractivity contribution in [2.24, 2.45) is 0 Å². The molecule has 0 radical (unpaired) electrons. The first-order chi connectivity index (χ1) is 4.54. The first-order valence-electron chi connectivity index (χ1n) is 2.32. The highest BCUT2D eigenvalue weighted by Crippen LogP contribution is 2.01. The largest absolute Gasteiger partial charge is 0.772 e. The van der Waals surface area contributed by atoms with Gasteiger partial charge in [0.15, 0.2) is 5.50 Å². The molecular weight excluding hydrogens is 183 g/mol. The Morgan fingerprint density at radius 1 is 1.40 bits per heavy atom. The second-order valence-corrected chi connectivity index (χ2v) is 3.52. The molecule has 0 aliphatic heterocycles. The van der Waals surface area contributed by atoms with Gasteiger partial charge in [0, 0.05) is 5.75 Å². The normalized spacial score (nSPS) is 19.9. The lowest BCUT2D eigenvalue weighted by Crippen LogP contribution is -2.11. The minimum atomic E-state index is -2.82. The average Bonchev–Trinajstić information content (AvgIpc) is 1.82. The maximum Gasteiger partial charge on any atom is 0.162 e. The molecule has 0 aliphatic rings. The van der Waals surface area contributed by atoms with Gasteiger partial charge in [0.05, 0.1) is 0 Å². The smallest absolute Gasteiger partial charge is 0.162 e. The lowest BCUT2D eigenvalue weighted by Gasteiger charge is -2.11. The van der Waals surface area contributed by atoms with Crippen LogP contribution in [-0.4, -0.2) is 28.8 Å². The quantitative estimate of drug-likeness (QED) is 0.553. The molecule has 0 aromatic carbocycles. The van der Waals surface area contributed by atoms with Crippen LogP contribution in [0.4, 0.5) is 4.39 Å². The predicted molar refractivity (Wildman–Crippen MR) is 32.2 cm³/mol. The molecule has 0 N–H and O–H groups in total. The standard InChI is InChI=1S/C3H7FO4S2/c4-3(10(7)8)1-2-9(5)6/h3H,1-2H2,(H,5,6)(H,7,8)/p-2. The fraction of sp³-hybridized carbons (Fsp3) is 1.00. The fourth-order valence-corrected chi connectivity index (χ4v) is 1.14. The highest BCUT2D eigenvalue weighted by molar-refractivity contribution is 7.80. The number of halogens is 1. The number of alkyl halides is 1. The van der Waals surface area contributed by atoms with E-state index in [1.54, 1.807) is 0 Å². The molecule has 0 fully saturated rings. The van der Waals surface area contributed by atoms with Crippen molar-refractivity contribution in [3.8, 4) is 0 Å². The molecule has 0 amide bonds. The van der Waals surface area contributed by atoms with Gasteiger partial charge in [-0.15, -0.1) is 0 Å². The predicted octanol–water partition coefficient (Wildman–Crippen LogP) is -0.570. The number of hydrogen-bond acceptors (Lipinski definition) is 4. The summed E-state index contributed by atoms with van der Waals surface area (Å²) in [6, 6.07) is 0. The molecule has 0 aromatic rings. The summed E-state index contributed by atoms with van der Waals surface area (Å²) in [7, 11) is 0. The van der Waals surface area contributed by atoms with E-state index in [9.17, 15) is 21.9 Å². The van der Waals surface area contributed by atoms with E-state index in [1.165, 1.54) is 0 Å². The van der Waals surface area contributed by atoms with Crippen molar-refractivity contribution in [3.63, 3.8) is 0 Å². The van der Waals surface area contributed by atoms with Gasteiger partial charge in [-0.2, -0.15) is 0 Å². The third-order valence-corrected chi connectivity index (χ3v) is 1.94. The maximum absolute atomic E-state index is 12.0. The van der Waals surface area contributed by atoms with Gasteiger partial charge in [0.2, 0.25) is 0 Å². The van der Waals surface area contributed by atoms with Crippen LogP contribution in [0.1, 0.15) is 6.42 Å². The van der Waals surface area contributed by atoms with Crippen LogP contribution in [-0.2, 0) is 22.2 Å². The van der Waals surface area contributed by atoms with E-state index in [0.717, 1.165) is 0 Å². The second kappa shape index (κ2) is 4.89. The second-order valence-electron chi connectivity index (χ2n) is 1.47. The van der Waals surface area contributed by atoms with Crippen LogP contribution in [0.5, 0.6) is 0 Å². The lowest BCUT2D eigenvalue weighted by atomic mass is 10.5. The Balaban J connectivity index is 3.49. The van der Waals surface area contributed by atoms with E-state index >= 15 is 0 Å². The highest BCUT2D eigenvalue weighted by Gasteiger charge is 2.04. The molecule has 3 unspecified atom stereocenters. The van der Waals surface area contributed by atoms with Gasteiger partial charge in [0.1, 0.15) is 0 Å². The van der Waals surface area contributed by atoms with Crippen LogP contribution in [0.15, 0.2) is 0 Å². The Hall–Kier alpha value is 0.150. The van der Waals surface area contributed by atoms with E-state index in [-0.39, 0.29) is 0 Å². The zero-order valence-electron chi connectivity index (χ0n) is 4.82. The van der Waals surface area contributed by atoms with E-state index in [2.05, 4.69) is 0 Å². The molecule has 62 valence electrons. The summed E-state index contributed by atoms with van der Waals surface area (Å²) < 4.78 is 51.0. The van der Waals surface area contributed by atoms with Gasteiger partial charge in [-0.1, -0.05) is 11.1 Å². The molecular formula is C3H5FO4S2-2. The van der Waals surface area contributed by atoms with E-state index in [4.69, 9.17) is 0 Å². The van der Waals surface area contributed by atoms with E-state index < -0.39 is 39.8 Å². The van der Waals surface area contributed by atoms with Crippen molar-refractivity contribution >= 4 is 22.2 Å². The number of rotatable bonds is 4. The van der Waals surface area contributed by atoms with Crippen LogP contribution >= 0.6 is 0 Å². The molecule has 0 aliphatic carbocycles. The summed E-state index contributed by atoms with van der Waals surface area (Å²) in [5, 5.41) is 0. The van der Waals surface area contributed by atoms with E-state index in [0.29, 0.717) is 0 Å². The van der Waals surface area contributed by atoms with Crippen molar-refractivity contribution in [2.45, 2.75) is 11.9 Å². The topological polar surface area (TPSA) is 80.3 Å². The summed E-state index contributed by atoms with van der Waals surface area (Å²) in [6.45, 7) is 0.